The van der Waals surface area contributed by atoms with Crippen LogP contribution < -0.4 is 0 Å². The molecule has 108 valence electrons. The van der Waals surface area contributed by atoms with Gasteiger partial charge in [-0.15, -0.1) is 0 Å². The summed E-state index contributed by atoms with van der Waals surface area (Å²) < 4.78 is 0. The van der Waals surface area contributed by atoms with Gasteiger partial charge in [0.25, 0.3) is 0 Å². The van der Waals surface area contributed by atoms with Gasteiger partial charge in [-0.1, -0.05) is 91.5 Å². The first kappa shape index (κ1) is 17.0. The van der Waals surface area contributed by atoms with E-state index in [4.69, 9.17) is 11.6 Å². The first-order valence-corrected chi connectivity index (χ1v) is 8.90. The molecule has 0 spiro atoms. The van der Waals surface area contributed by atoms with E-state index in [9.17, 15) is 0 Å². The molecule has 0 aliphatic carbocycles. The molecule has 0 fully saturated rings. The quantitative estimate of drug-likeness (QED) is 0.323. The summed E-state index contributed by atoms with van der Waals surface area (Å²) in [5.74, 6) is 0. The van der Waals surface area contributed by atoms with E-state index in [0.29, 0.717) is 4.83 Å². The molecule has 0 amide bonds. The molecule has 0 bridgehead atoms. The third-order valence-electron chi connectivity index (χ3n) is 3.47. The van der Waals surface area contributed by atoms with Gasteiger partial charge in [-0.05, 0) is 30.5 Å². The van der Waals surface area contributed by atoms with Gasteiger partial charge in [-0.2, -0.15) is 0 Å². The van der Waals surface area contributed by atoms with Crippen molar-refractivity contribution in [3.8, 4) is 0 Å². The fraction of sp³-hybridized carbons (Fsp3) is 0.647. The van der Waals surface area contributed by atoms with Crippen LogP contribution in [-0.4, -0.2) is 4.83 Å². The molecule has 2 heteroatoms. The van der Waals surface area contributed by atoms with Crippen LogP contribution in [0.2, 0.25) is 5.02 Å². The molecule has 1 aromatic carbocycles. The van der Waals surface area contributed by atoms with Gasteiger partial charge in [-0.25, -0.2) is 0 Å². The molecule has 1 atom stereocenters. The third-order valence-corrected chi connectivity index (χ3v) is 4.48. The topological polar surface area (TPSA) is 0 Å². The van der Waals surface area contributed by atoms with Gasteiger partial charge in [0.05, 0.1) is 0 Å². The number of hydrogen-bond acceptors (Lipinski definition) is 0. The number of alkyl halides is 1. The second kappa shape index (κ2) is 10.7. The van der Waals surface area contributed by atoms with Crippen LogP contribution in [0.3, 0.4) is 0 Å². The van der Waals surface area contributed by atoms with E-state index < -0.39 is 0 Å². The highest BCUT2D eigenvalue weighted by atomic mass is 79.9. The van der Waals surface area contributed by atoms with Gasteiger partial charge in [0.2, 0.25) is 0 Å². The lowest BCUT2D eigenvalue weighted by molar-refractivity contribution is 0.570. The Morgan fingerprint density at radius 3 is 2.42 bits per heavy atom. The van der Waals surface area contributed by atoms with E-state index in [1.165, 1.54) is 56.9 Å². The van der Waals surface area contributed by atoms with Crippen LogP contribution in [0.1, 0.15) is 63.9 Å². The summed E-state index contributed by atoms with van der Waals surface area (Å²) in [6, 6.07) is 8.20. The third kappa shape index (κ3) is 8.70. The predicted octanol–water partition coefficient (Wildman–Crippen LogP) is 6.79. The molecule has 0 heterocycles. The van der Waals surface area contributed by atoms with Gasteiger partial charge in [0.15, 0.2) is 0 Å². The fourth-order valence-corrected chi connectivity index (χ4v) is 3.26. The maximum absolute atomic E-state index is 6.00. The summed E-state index contributed by atoms with van der Waals surface area (Å²) in [5, 5.41) is 0.841. The summed E-state index contributed by atoms with van der Waals surface area (Å²) in [7, 11) is 0. The van der Waals surface area contributed by atoms with Crippen molar-refractivity contribution in [2.24, 2.45) is 0 Å². The van der Waals surface area contributed by atoms with Gasteiger partial charge >= 0.3 is 0 Å². The normalized spacial score (nSPS) is 12.6. The molecular formula is C17H26BrCl. The molecule has 0 aromatic heterocycles. The monoisotopic (exact) mass is 344 g/mol. The lowest BCUT2D eigenvalue weighted by Crippen LogP contribution is -2.02. The average molecular weight is 346 g/mol. The SMILES string of the molecule is CCCCCCCCCC(Br)Cc1cccc(Cl)c1. The Morgan fingerprint density at radius 1 is 1.05 bits per heavy atom. The summed E-state index contributed by atoms with van der Waals surface area (Å²) in [5.41, 5.74) is 1.33. The first-order chi connectivity index (χ1) is 9.22. The Hall–Kier alpha value is -0.0100. The van der Waals surface area contributed by atoms with Crippen LogP contribution in [-0.2, 0) is 6.42 Å². The molecule has 0 radical (unpaired) electrons. The summed E-state index contributed by atoms with van der Waals surface area (Å²) >= 11 is 9.79. The van der Waals surface area contributed by atoms with Crippen LogP contribution in [0.5, 0.6) is 0 Å². The Balaban J connectivity index is 2.06. The van der Waals surface area contributed by atoms with Gasteiger partial charge in [0, 0.05) is 9.85 Å². The average Bonchev–Trinajstić information content (AvgIpc) is 2.37. The van der Waals surface area contributed by atoms with Crippen LogP contribution in [0, 0.1) is 0 Å². The van der Waals surface area contributed by atoms with Gasteiger partial charge < -0.3 is 0 Å². The predicted molar refractivity (Wildman–Crippen MR) is 90.5 cm³/mol. The molecule has 1 aromatic rings. The molecule has 0 saturated heterocycles. The molecular weight excluding hydrogens is 320 g/mol. The minimum Gasteiger partial charge on any atom is -0.0887 e. The highest BCUT2D eigenvalue weighted by molar-refractivity contribution is 9.09. The Bertz CT molecular complexity index is 338. The first-order valence-electron chi connectivity index (χ1n) is 7.61. The van der Waals surface area contributed by atoms with Crippen molar-refractivity contribution >= 4 is 27.5 Å². The van der Waals surface area contributed by atoms with E-state index in [1.54, 1.807) is 0 Å². The molecule has 1 unspecified atom stereocenters. The zero-order valence-electron chi connectivity index (χ0n) is 12.0. The van der Waals surface area contributed by atoms with Crippen molar-refractivity contribution in [3.05, 3.63) is 34.9 Å². The second-order valence-corrected chi connectivity index (χ2v) is 7.07. The molecule has 0 aliphatic heterocycles. The minimum atomic E-state index is 0.585. The van der Waals surface area contributed by atoms with Crippen molar-refractivity contribution in [3.63, 3.8) is 0 Å². The number of rotatable bonds is 10. The molecule has 0 saturated carbocycles. The number of hydrogen-bond donors (Lipinski definition) is 0. The van der Waals surface area contributed by atoms with Crippen LogP contribution >= 0.6 is 27.5 Å². The highest BCUT2D eigenvalue weighted by Crippen LogP contribution is 2.19. The Kier molecular flexibility index (Phi) is 9.63. The van der Waals surface area contributed by atoms with Crippen LogP contribution in [0.4, 0.5) is 0 Å². The second-order valence-electron chi connectivity index (χ2n) is 5.34. The molecule has 0 aliphatic rings. The van der Waals surface area contributed by atoms with E-state index >= 15 is 0 Å². The smallest absolute Gasteiger partial charge is 0.0408 e. The Labute approximate surface area is 132 Å². The Morgan fingerprint density at radius 2 is 1.74 bits per heavy atom. The maximum Gasteiger partial charge on any atom is 0.0408 e. The molecule has 19 heavy (non-hydrogen) atoms. The van der Waals surface area contributed by atoms with E-state index in [2.05, 4.69) is 35.0 Å². The van der Waals surface area contributed by atoms with Crippen LogP contribution in [0.25, 0.3) is 0 Å². The van der Waals surface area contributed by atoms with E-state index in [-0.39, 0.29) is 0 Å². The zero-order valence-corrected chi connectivity index (χ0v) is 14.3. The maximum atomic E-state index is 6.00. The number of unbranched alkanes of at least 4 members (excludes halogenated alkanes) is 6. The van der Waals surface area contributed by atoms with E-state index in [0.717, 1.165) is 11.4 Å². The summed E-state index contributed by atoms with van der Waals surface area (Å²) in [6.45, 7) is 2.27. The van der Waals surface area contributed by atoms with Crippen molar-refractivity contribution < 1.29 is 0 Å². The largest absolute Gasteiger partial charge is 0.0887 e. The molecule has 1 rings (SSSR count). The summed E-state index contributed by atoms with van der Waals surface area (Å²) in [4.78, 5) is 0.585. The zero-order chi connectivity index (χ0) is 13.9. The number of benzene rings is 1. The minimum absolute atomic E-state index is 0.585. The standard InChI is InChI=1S/C17H26BrCl/c1-2-3-4-5-6-7-8-11-16(18)13-15-10-9-12-17(19)14-15/h9-10,12,14,16H,2-8,11,13H2,1H3. The summed E-state index contributed by atoms with van der Waals surface area (Å²) in [6.07, 6.45) is 12.0. The van der Waals surface area contributed by atoms with Crippen molar-refractivity contribution in [2.75, 3.05) is 0 Å². The van der Waals surface area contributed by atoms with Crippen molar-refractivity contribution in [1.29, 1.82) is 0 Å². The lowest BCUT2D eigenvalue weighted by Gasteiger charge is -2.10. The van der Waals surface area contributed by atoms with E-state index in [1.807, 2.05) is 12.1 Å². The van der Waals surface area contributed by atoms with Crippen LogP contribution in [0.15, 0.2) is 24.3 Å². The highest BCUT2D eigenvalue weighted by Gasteiger charge is 2.05. The van der Waals surface area contributed by atoms with Gasteiger partial charge in [0.1, 0.15) is 0 Å². The molecule has 0 N–H and O–H groups in total. The van der Waals surface area contributed by atoms with Crippen molar-refractivity contribution in [2.45, 2.75) is 69.5 Å². The van der Waals surface area contributed by atoms with Gasteiger partial charge in [-0.3, -0.25) is 0 Å². The fourth-order valence-electron chi connectivity index (χ4n) is 2.34. The lowest BCUT2D eigenvalue weighted by atomic mass is 10.0. The van der Waals surface area contributed by atoms with Crippen molar-refractivity contribution in [1.82, 2.24) is 0 Å². The molecule has 0 nitrogen and oxygen atoms in total. The number of halogens is 2.